The fourth-order valence-corrected chi connectivity index (χ4v) is 6.78. The van der Waals surface area contributed by atoms with Crippen LogP contribution in [0.1, 0.15) is 38.3 Å². The molecule has 192 valence electrons. The lowest BCUT2D eigenvalue weighted by Crippen LogP contribution is -2.39. The predicted molar refractivity (Wildman–Crippen MR) is 137 cm³/mol. The smallest absolute Gasteiger partial charge is 0.196 e. The van der Waals surface area contributed by atoms with Crippen molar-refractivity contribution in [1.82, 2.24) is 25.1 Å². The molecule has 8 nitrogen and oxygen atoms in total. The molecule has 4 fully saturated rings. The minimum Gasteiger partial charge on any atom is -0.439 e. The van der Waals surface area contributed by atoms with Crippen LogP contribution < -0.4 is 4.90 Å². The lowest BCUT2D eigenvalue weighted by atomic mass is 9.58. The summed E-state index contributed by atoms with van der Waals surface area (Å²) in [4.78, 5) is 16.2. The van der Waals surface area contributed by atoms with Crippen molar-refractivity contribution in [2.75, 3.05) is 31.2 Å². The average Bonchev–Trinajstić information content (AvgIpc) is 3.59. The summed E-state index contributed by atoms with van der Waals surface area (Å²) >= 11 is 0. The molecule has 1 saturated heterocycles. The molecule has 1 N–H and O–H groups in total. The van der Waals surface area contributed by atoms with Crippen LogP contribution in [0.25, 0.3) is 34.0 Å². The van der Waals surface area contributed by atoms with Gasteiger partial charge < -0.3 is 14.1 Å². The summed E-state index contributed by atoms with van der Waals surface area (Å²) in [5, 5.41) is 7.84. The molecule has 0 amide bonds. The third kappa shape index (κ3) is 4.19. The van der Waals surface area contributed by atoms with Crippen molar-refractivity contribution in [2.45, 2.75) is 39.0 Å². The number of halogens is 1. The van der Waals surface area contributed by atoms with Crippen molar-refractivity contribution in [3.8, 4) is 23.0 Å². The van der Waals surface area contributed by atoms with Gasteiger partial charge in [0.05, 0.1) is 24.8 Å². The highest BCUT2D eigenvalue weighted by Gasteiger charge is 2.41. The molecule has 5 heterocycles. The average molecular weight is 503 g/mol. The van der Waals surface area contributed by atoms with Crippen LogP contribution in [0.2, 0.25) is 0 Å². The highest BCUT2D eigenvalue weighted by molar-refractivity contribution is 5.88. The second-order valence-electron chi connectivity index (χ2n) is 10.8. The summed E-state index contributed by atoms with van der Waals surface area (Å²) in [7, 11) is 0. The standard InChI is InChI=1S/C28H31FN6O2/c1-16-17-2-4-18(5-3-17)21(16)13-20-14-23(24-6-7-25(37-24)35-8-10-36-11-9-35)32-28(31-20)26-22-12-19(29)15-30-27(22)34-33-26/h6-7,12,14-18,21H,2-5,8-11,13H2,1H3,(H,30,33,34). The second-order valence-corrected chi connectivity index (χ2v) is 10.8. The monoisotopic (exact) mass is 502 g/mol. The van der Waals surface area contributed by atoms with Gasteiger partial charge in [-0.05, 0) is 74.0 Å². The first-order chi connectivity index (χ1) is 18.1. The lowest BCUT2D eigenvalue weighted by molar-refractivity contribution is 0.0339. The number of H-pyrrole nitrogens is 1. The Morgan fingerprint density at radius 2 is 1.86 bits per heavy atom. The summed E-state index contributed by atoms with van der Waals surface area (Å²) in [6, 6.07) is 7.47. The zero-order chi connectivity index (χ0) is 24.9. The highest BCUT2D eigenvalue weighted by Crippen LogP contribution is 2.49. The van der Waals surface area contributed by atoms with E-state index < -0.39 is 5.82 Å². The number of morpholine rings is 1. The molecular formula is C28H31FN6O2. The molecule has 9 heteroatoms. The summed E-state index contributed by atoms with van der Waals surface area (Å²) < 4.78 is 25.8. The van der Waals surface area contributed by atoms with Gasteiger partial charge in [0.25, 0.3) is 0 Å². The van der Waals surface area contributed by atoms with Gasteiger partial charge in [-0.3, -0.25) is 5.10 Å². The molecule has 4 aromatic heterocycles. The van der Waals surface area contributed by atoms with Gasteiger partial charge in [-0.1, -0.05) is 6.92 Å². The van der Waals surface area contributed by atoms with Crippen LogP contribution >= 0.6 is 0 Å². The predicted octanol–water partition coefficient (Wildman–Crippen LogP) is 5.27. The van der Waals surface area contributed by atoms with Gasteiger partial charge in [0.2, 0.25) is 0 Å². The van der Waals surface area contributed by atoms with Gasteiger partial charge in [-0.15, -0.1) is 0 Å². The van der Waals surface area contributed by atoms with Crippen LogP contribution in [-0.2, 0) is 11.2 Å². The van der Waals surface area contributed by atoms with E-state index in [4.69, 9.17) is 19.1 Å². The number of fused-ring (bicyclic) bond motifs is 4. The summed E-state index contributed by atoms with van der Waals surface area (Å²) in [5.41, 5.74) is 2.72. The second kappa shape index (κ2) is 9.20. The normalized spacial score (nSPS) is 25.7. The van der Waals surface area contributed by atoms with Crippen LogP contribution in [-0.4, -0.2) is 51.5 Å². The first-order valence-corrected chi connectivity index (χ1v) is 13.4. The molecule has 0 radical (unpaired) electrons. The third-order valence-corrected chi connectivity index (χ3v) is 8.83. The van der Waals surface area contributed by atoms with Crippen LogP contribution in [0, 0.1) is 29.5 Å². The number of pyridine rings is 1. The fourth-order valence-electron chi connectivity index (χ4n) is 6.78. The maximum Gasteiger partial charge on any atom is 0.196 e. The molecule has 0 spiro atoms. The molecule has 1 aliphatic heterocycles. The summed E-state index contributed by atoms with van der Waals surface area (Å²) in [6.07, 6.45) is 7.44. The van der Waals surface area contributed by atoms with Crippen molar-refractivity contribution < 1.29 is 13.5 Å². The van der Waals surface area contributed by atoms with E-state index >= 15 is 0 Å². The third-order valence-electron chi connectivity index (χ3n) is 8.83. The minimum atomic E-state index is -0.417. The Morgan fingerprint density at radius 1 is 1.05 bits per heavy atom. The number of ether oxygens (including phenoxy) is 1. The Kier molecular flexibility index (Phi) is 5.68. The molecule has 0 aromatic carbocycles. The molecule has 2 bridgehead atoms. The zero-order valence-corrected chi connectivity index (χ0v) is 21.0. The topological polar surface area (TPSA) is 93.0 Å². The van der Waals surface area contributed by atoms with E-state index in [9.17, 15) is 4.39 Å². The number of hydrogen-bond donors (Lipinski definition) is 1. The van der Waals surface area contributed by atoms with Crippen LogP contribution in [0.3, 0.4) is 0 Å². The Balaban J connectivity index is 1.29. The number of anilines is 1. The molecule has 4 aliphatic rings. The first-order valence-electron chi connectivity index (χ1n) is 13.4. The molecular weight excluding hydrogens is 471 g/mol. The van der Waals surface area contributed by atoms with E-state index in [0.29, 0.717) is 53.4 Å². The molecule has 8 rings (SSSR count). The maximum absolute atomic E-state index is 14.1. The Labute approximate surface area is 214 Å². The van der Waals surface area contributed by atoms with E-state index in [2.05, 4.69) is 33.1 Å². The fraction of sp³-hybridized carbons (Fsp3) is 0.500. The number of rotatable bonds is 5. The van der Waals surface area contributed by atoms with Crippen molar-refractivity contribution in [3.63, 3.8) is 0 Å². The molecule has 37 heavy (non-hydrogen) atoms. The van der Waals surface area contributed by atoms with Crippen molar-refractivity contribution in [3.05, 3.63) is 42.0 Å². The Morgan fingerprint density at radius 3 is 2.68 bits per heavy atom. The number of nitrogens with zero attached hydrogens (tertiary/aromatic N) is 5. The van der Waals surface area contributed by atoms with Gasteiger partial charge in [0.1, 0.15) is 17.2 Å². The van der Waals surface area contributed by atoms with E-state index in [1.807, 2.05) is 12.1 Å². The maximum atomic E-state index is 14.1. The summed E-state index contributed by atoms with van der Waals surface area (Å²) in [6.45, 7) is 5.40. The van der Waals surface area contributed by atoms with E-state index in [0.717, 1.165) is 48.6 Å². The van der Waals surface area contributed by atoms with Crippen molar-refractivity contribution in [1.29, 1.82) is 0 Å². The van der Waals surface area contributed by atoms with Gasteiger partial charge in [-0.25, -0.2) is 19.3 Å². The van der Waals surface area contributed by atoms with Crippen LogP contribution in [0.5, 0.6) is 0 Å². The number of furan rings is 1. The highest BCUT2D eigenvalue weighted by atomic mass is 19.1. The van der Waals surface area contributed by atoms with Crippen molar-refractivity contribution >= 4 is 16.9 Å². The molecule has 2 unspecified atom stereocenters. The first kappa shape index (κ1) is 22.8. The SMILES string of the molecule is CC1C2CCC(CC2)C1Cc1cc(-c2ccc(N3CCOCC3)o2)nc(-c2[nH]nc3ncc(F)cc23)n1. The van der Waals surface area contributed by atoms with E-state index in [1.54, 1.807) is 0 Å². The van der Waals surface area contributed by atoms with Gasteiger partial charge >= 0.3 is 0 Å². The Bertz CT molecular complexity index is 1420. The molecule has 4 aromatic rings. The van der Waals surface area contributed by atoms with E-state index in [1.165, 1.54) is 37.9 Å². The van der Waals surface area contributed by atoms with Crippen LogP contribution in [0.4, 0.5) is 10.3 Å². The van der Waals surface area contributed by atoms with Gasteiger partial charge in [0, 0.05) is 24.8 Å². The van der Waals surface area contributed by atoms with E-state index in [-0.39, 0.29) is 0 Å². The zero-order valence-electron chi connectivity index (χ0n) is 21.0. The molecule has 3 aliphatic carbocycles. The largest absolute Gasteiger partial charge is 0.439 e. The molecule has 2 atom stereocenters. The Hall–Kier alpha value is -3.33. The minimum absolute atomic E-state index is 0.417. The van der Waals surface area contributed by atoms with Crippen molar-refractivity contribution in [2.24, 2.45) is 23.7 Å². The number of aromatic nitrogens is 5. The summed E-state index contributed by atoms with van der Waals surface area (Å²) in [5.74, 6) is 4.46. The number of aromatic amines is 1. The molecule has 3 saturated carbocycles. The lowest BCUT2D eigenvalue weighted by Gasteiger charge is -2.47. The van der Waals surface area contributed by atoms with Gasteiger partial charge in [-0.2, -0.15) is 5.10 Å². The number of nitrogens with one attached hydrogen (secondary N) is 1. The van der Waals surface area contributed by atoms with Crippen LogP contribution in [0.15, 0.2) is 34.9 Å². The van der Waals surface area contributed by atoms with Gasteiger partial charge in [0.15, 0.2) is 23.1 Å². The quantitative estimate of drug-likeness (QED) is 0.398. The number of hydrogen-bond acceptors (Lipinski definition) is 7.